The number of alkyl halides is 3. The highest BCUT2D eigenvalue weighted by Gasteiger charge is 2.70. The van der Waals surface area contributed by atoms with E-state index in [9.17, 15) is 37.5 Å². The van der Waals surface area contributed by atoms with Crippen LogP contribution in [0.15, 0.2) is 66.4 Å². The summed E-state index contributed by atoms with van der Waals surface area (Å²) < 4.78 is 45.9. The van der Waals surface area contributed by atoms with Crippen LogP contribution >= 0.6 is 23.2 Å². The molecular formula is C39H35Cl2F3N4O8. The summed E-state index contributed by atoms with van der Waals surface area (Å²) >= 11 is 12.5. The number of unbranched alkanes of at least 4 members (excludes halogenated alkanes) is 2. The Morgan fingerprint density at radius 3 is 2.41 bits per heavy atom. The van der Waals surface area contributed by atoms with Crippen molar-refractivity contribution >= 4 is 58.6 Å². The molecule has 7 rings (SSSR count). The van der Waals surface area contributed by atoms with Crippen LogP contribution in [-0.4, -0.2) is 68.4 Å². The number of carboxylic acids is 1. The van der Waals surface area contributed by atoms with Crippen LogP contribution in [0, 0.1) is 23.7 Å². The smallest absolute Gasteiger partial charge is 0.417 e. The number of fused-ring (bicyclic) bond motifs is 4. The Kier molecular flexibility index (Phi) is 10.3. The SMILES string of the molecule is COc1cccc(C2C3=CCC4C(=O)N(CCCCCC(=O)O)C(=O)C4C3CC3C(=O)N(Nc4ncc(C(F)(F)F)cc4Cl)C(=O)C32c2ccc(Cl)cc2)c1O. The molecule has 0 bridgehead atoms. The lowest BCUT2D eigenvalue weighted by molar-refractivity contribution is -0.141. The third kappa shape index (κ3) is 6.34. The molecule has 17 heteroatoms. The number of nitrogens with zero attached hydrogens (tertiary/aromatic N) is 3. The molecule has 6 atom stereocenters. The van der Waals surface area contributed by atoms with Crippen molar-refractivity contribution in [3.8, 4) is 11.5 Å². The summed E-state index contributed by atoms with van der Waals surface area (Å²) in [5.41, 5.74) is 0.639. The zero-order valence-corrected chi connectivity index (χ0v) is 31.2. The summed E-state index contributed by atoms with van der Waals surface area (Å²) in [6, 6.07) is 11.6. The number of amides is 4. The number of rotatable bonds is 11. The lowest BCUT2D eigenvalue weighted by atomic mass is 9.49. The van der Waals surface area contributed by atoms with E-state index in [0.29, 0.717) is 52.7 Å². The van der Waals surface area contributed by atoms with Gasteiger partial charge in [-0.25, -0.2) is 4.98 Å². The molecule has 3 N–H and O–H groups in total. The number of carbonyl (C=O) groups is 5. The monoisotopic (exact) mass is 814 g/mol. The number of hydrogen-bond donors (Lipinski definition) is 3. The van der Waals surface area contributed by atoms with Gasteiger partial charge in [-0.2, -0.15) is 18.2 Å². The fourth-order valence-electron chi connectivity index (χ4n) is 9.07. The molecule has 1 aromatic heterocycles. The maximum atomic E-state index is 15.3. The number of ether oxygens (including phenoxy) is 1. The number of phenolic OH excluding ortho intramolecular Hbond substituents is 1. The molecule has 0 spiro atoms. The number of phenols is 1. The molecule has 12 nitrogen and oxygen atoms in total. The number of carbonyl (C=O) groups excluding carboxylic acids is 4. The lowest BCUT2D eigenvalue weighted by Crippen LogP contribution is -2.53. The number of pyridine rings is 1. The van der Waals surface area contributed by atoms with E-state index in [4.69, 9.17) is 33.0 Å². The molecule has 3 fully saturated rings. The van der Waals surface area contributed by atoms with Crippen molar-refractivity contribution in [1.29, 1.82) is 0 Å². The van der Waals surface area contributed by atoms with Crippen LogP contribution in [0.2, 0.25) is 10.0 Å². The quantitative estimate of drug-likeness (QED) is 0.107. The number of hydrogen-bond acceptors (Lipinski definition) is 9. The fourth-order valence-corrected chi connectivity index (χ4v) is 9.41. The molecule has 0 radical (unpaired) electrons. The van der Waals surface area contributed by atoms with Crippen LogP contribution in [0.5, 0.6) is 11.5 Å². The molecule has 2 aliphatic heterocycles. The number of aromatic hydroxyl groups is 1. The average Bonchev–Trinajstić information content (AvgIpc) is 3.52. The minimum atomic E-state index is -4.77. The van der Waals surface area contributed by atoms with Crippen LogP contribution in [0.1, 0.15) is 61.1 Å². The maximum Gasteiger partial charge on any atom is 0.417 e. The van der Waals surface area contributed by atoms with Crippen molar-refractivity contribution in [3.63, 3.8) is 0 Å². The minimum absolute atomic E-state index is 0.0441. The maximum absolute atomic E-state index is 15.3. The van der Waals surface area contributed by atoms with Gasteiger partial charge in [-0.15, -0.1) is 0 Å². The minimum Gasteiger partial charge on any atom is -0.504 e. The van der Waals surface area contributed by atoms with Gasteiger partial charge in [0.05, 0.1) is 40.9 Å². The van der Waals surface area contributed by atoms with Gasteiger partial charge in [0.15, 0.2) is 17.3 Å². The number of carboxylic acid groups (broad SMARTS) is 1. The number of methoxy groups -OCH3 is 1. The number of aliphatic carboxylic acids is 1. The molecular weight excluding hydrogens is 780 g/mol. The second kappa shape index (κ2) is 14.7. The molecule has 1 saturated carbocycles. The third-order valence-electron chi connectivity index (χ3n) is 11.5. The van der Waals surface area contributed by atoms with Crippen LogP contribution in [0.4, 0.5) is 19.0 Å². The number of imide groups is 2. The first kappa shape index (κ1) is 39.1. The molecule has 2 aromatic carbocycles. The van der Waals surface area contributed by atoms with Crippen LogP contribution in [-0.2, 0) is 35.6 Å². The standard InChI is InChI=1S/C39H35Cl2F3N4O8/c1-56-28-7-5-6-24(32(28)51)31-22-13-14-23-30(36(54)47(34(23)52)15-4-2-3-8-29(49)50)25(22)17-26-35(53)48(37(55)38(26,31)19-9-11-21(40)12-10-19)46-33-27(41)16-20(18-45-33)39(42,43)44/h5-7,9-13,16,18,23,25-26,30-31,51H,2-4,8,14-15,17H2,1H3,(H,45,46)(H,49,50). The lowest BCUT2D eigenvalue weighted by Gasteiger charge is -2.50. The molecule has 3 aromatic rings. The Bertz CT molecular complexity index is 2170. The van der Waals surface area contributed by atoms with Crippen LogP contribution < -0.4 is 10.2 Å². The van der Waals surface area contributed by atoms with E-state index in [1.807, 2.05) is 0 Å². The van der Waals surface area contributed by atoms with Gasteiger partial charge in [-0.1, -0.05) is 65.5 Å². The Hall–Kier alpha value is -5.15. The van der Waals surface area contributed by atoms with Gasteiger partial charge in [-0.3, -0.25) is 34.3 Å². The predicted molar refractivity (Wildman–Crippen MR) is 194 cm³/mol. The Balaban J connectivity index is 1.36. The number of halogens is 5. The highest BCUT2D eigenvalue weighted by Crippen LogP contribution is 2.65. The number of nitrogens with one attached hydrogen (secondary N) is 1. The van der Waals surface area contributed by atoms with Crippen LogP contribution in [0.25, 0.3) is 0 Å². The van der Waals surface area contributed by atoms with Gasteiger partial charge < -0.3 is 14.9 Å². The molecule has 2 saturated heterocycles. The number of anilines is 1. The van der Waals surface area contributed by atoms with E-state index in [1.54, 1.807) is 30.3 Å². The van der Waals surface area contributed by atoms with Crippen molar-refractivity contribution in [3.05, 3.63) is 93.1 Å². The van der Waals surface area contributed by atoms with E-state index >= 15 is 4.79 Å². The average molecular weight is 816 g/mol. The largest absolute Gasteiger partial charge is 0.504 e. The number of allylic oxidation sites excluding steroid dienone is 2. The topological polar surface area (TPSA) is 166 Å². The Morgan fingerprint density at radius 1 is 1.02 bits per heavy atom. The van der Waals surface area contributed by atoms with Crippen molar-refractivity contribution in [2.75, 3.05) is 19.1 Å². The number of benzene rings is 2. The molecule has 4 aliphatic rings. The third-order valence-corrected chi connectivity index (χ3v) is 12.0. The Labute approximate surface area is 328 Å². The first-order valence-corrected chi connectivity index (χ1v) is 18.6. The number of likely N-dealkylation sites (tertiary alicyclic amines) is 1. The number of aromatic nitrogens is 1. The predicted octanol–water partition coefficient (Wildman–Crippen LogP) is 6.75. The van der Waals surface area contributed by atoms with E-state index in [2.05, 4.69) is 10.4 Å². The summed E-state index contributed by atoms with van der Waals surface area (Å²) in [6.07, 6.45) is -1.24. The second-order valence-electron chi connectivity index (χ2n) is 14.3. The van der Waals surface area contributed by atoms with Crippen molar-refractivity contribution in [2.24, 2.45) is 23.7 Å². The van der Waals surface area contributed by atoms with Gasteiger partial charge >= 0.3 is 12.1 Å². The highest BCUT2D eigenvalue weighted by molar-refractivity contribution is 6.33. The molecule has 3 heterocycles. The first-order valence-electron chi connectivity index (χ1n) is 17.9. The van der Waals surface area contributed by atoms with E-state index < -0.39 is 81.3 Å². The van der Waals surface area contributed by atoms with Crippen LogP contribution in [0.3, 0.4) is 0 Å². The fraction of sp³-hybridized carbons (Fsp3) is 0.385. The summed E-state index contributed by atoms with van der Waals surface area (Å²) in [6.45, 7) is 0.0839. The van der Waals surface area contributed by atoms with E-state index in [1.165, 1.54) is 30.2 Å². The van der Waals surface area contributed by atoms with Crippen molar-refractivity contribution < 1.29 is 52.1 Å². The zero-order valence-electron chi connectivity index (χ0n) is 29.7. The van der Waals surface area contributed by atoms with Gasteiger partial charge in [0.1, 0.15) is 0 Å². The first-order chi connectivity index (χ1) is 26.6. The van der Waals surface area contributed by atoms with E-state index in [-0.39, 0.29) is 48.8 Å². The van der Waals surface area contributed by atoms with E-state index in [0.717, 1.165) is 0 Å². The molecule has 2 aliphatic carbocycles. The normalized spacial score (nSPS) is 25.8. The number of hydrazine groups is 1. The summed E-state index contributed by atoms with van der Waals surface area (Å²) in [5.74, 6) is -8.95. The van der Waals surface area contributed by atoms with Gasteiger partial charge in [-0.05, 0) is 61.4 Å². The molecule has 4 amide bonds. The van der Waals surface area contributed by atoms with Crippen molar-refractivity contribution in [2.45, 2.75) is 56.0 Å². The molecule has 6 unspecified atom stereocenters. The Morgan fingerprint density at radius 2 is 1.75 bits per heavy atom. The summed E-state index contributed by atoms with van der Waals surface area (Å²) in [7, 11) is 1.35. The van der Waals surface area contributed by atoms with Crippen molar-refractivity contribution in [1.82, 2.24) is 14.9 Å². The number of para-hydroxylation sites is 1. The van der Waals surface area contributed by atoms with Gasteiger partial charge in [0.2, 0.25) is 11.8 Å². The van der Waals surface area contributed by atoms with Gasteiger partial charge in [0, 0.05) is 35.7 Å². The van der Waals surface area contributed by atoms with Gasteiger partial charge in [0.25, 0.3) is 11.8 Å². The second-order valence-corrected chi connectivity index (χ2v) is 15.2. The molecule has 294 valence electrons. The highest BCUT2D eigenvalue weighted by atomic mass is 35.5. The molecule has 56 heavy (non-hydrogen) atoms. The zero-order chi connectivity index (χ0) is 40.3. The summed E-state index contributed by atoms with van der Waals surface area (Å²) in [4.78, 5) is 74.1. The summed E-state index contributed by atoms with van der Waals surface area (Å²) in [5, 5.41) is 21.2.